The summed E-state index contributed by atoms with van der Waals surface area (Å²) >= 11 is 0. The van der Waals surface area contributed by atoms with Gasteiger partial charge < -0.3 is 15.8 Å². The molecule has 0 aromatic carbocycles. The third-order valence-corrected chi connectivity index (χ3v) is 3.18. The first-order chi connectivity index (χ1) is 8.75. The molecule has 3 N–H and O–H groups in total. The summed E-state index contributed by atoms with van der Waals surface area (Å²) in [7, 11) is 0. The second-order valence-corrected chi connectivity index (χ2v) is 4.59. The van der Waals surface area contributed by atoms with Crippen molar-refractivity contribution in [2.24, 2.45) is 11.7 Å². The maximum atomic E-state index is 11.0. The zero-order valence-electron chi connectivity index (χ0n) is 10.4. The summed E-state index contributed by atoms with van der Waals surface area (Å²) in [6.45, 7) is 2.87. The molecule has 2 heterocycles. The quantitative estimate of drug-likeness (QED) is 0.814. The molecular weight excluding hydrogens is 230 g/mol. The van der Waals surface area contributed by atoms with Crippen LogP contribution in [0.4, 0.5) is 0 Å². The van der Waals surface area contributed by atoms with Crippen LogP contribution in [0.5, 0.6) is 5.75 Å². The van der Waals surface area contributed by atoms with Crippen molar-refractivity contribution in [1.29, 1.82) is 0 Å². The van der Waals surface area contributed by atoms with Crippen LogP contribution in [0.1, 0.15) is 29.8 Å². The number of carbonyl (C=O) groups is 1. The van der Waals surface area contributed by atoms with Crippen LogP contribution in [0.3, 0.4) is 0 Å². The number of rotatable bonds is 5. The normalized spacial score (nSPS) is 19.4. The van der Waals surface area contributed by atoms with Crippen LogP contribution in [-0.4, -0.2) is 30.6 Å². The number of ether oxygens (including phenoxy) is 1. The van der Waals surface area contributed by atoms with Gasteiger partial charge in [0, 0.05) is 12.3 Å². The van der Waals surface area contributed by atoms with Crippen molar-refractivity contribution in [1.82, 2.24) is 10.3 Å². The molecule has 1 aromatic rings. The van der Waals surface area contributed by atoms with Crippen molar-refractivity contribution >= 4 is 5.91 Å². The minimum Gasteiger partial charge on any atom is -0.493 e. The van der Waals surface area contributed by atoms with E-state index in [0.717, 1.165) is 19.5 Å². The monoisotopic (exact) mass is 249 g/mol. The van der Waals surface area contributed by atoms with Crippen molar-refractivity contribution in [2.75, 3.05) is 19.7 Å². The van der Waals surface area contributed by atoms with Crippen LogP contribution in [0.15, 0.2) is 18.3 Å². The highest BCUT2D eigenvalue weighted by Crippen LogP contribution is 2.16. The Hall–Kier alpha value is -1.62. The van der Waals surface area contributed by atoms with Gasteiger partial charge >= 0.3 is 0 Å². The number of carbonyl (C=O) groups excluding carboxylic acids is 1. The van der Waals surface area contributed by atoms with Crippen LogP contribution < -0.4 is 15.8 Å². The summed E-state index contributed by atoms with van der Waals surface area (Å²) in [5.74, 6) is 0.815. The minimum atomic E-state index is -0.531. The average Bonchev–Trinajstić information content (AvgIpc) is 2.40. The smallest absolute Gasteiger partial charge is 0.267 e. The van der Waals surface area contributed by atoms with Gasteiger partial charge in [-0.25, -0.2) is 0 Å². The maximum absolute atomic E-state index is 11.0. The third kappa shape index (κ3) is 3.70. The molecule has 1 aromatic heterocycles. The SMILES string of the molecule is NC(=O)c1cc(OCCC2CCCNC2)ccn1. The van der Waals surface area contributed by atoms with E-state index in [1.54, 1.807) is 12.1 Å². The van der Waals surface area contributed by atoms with E-state index in [9.17, 15) is 4.79 Å². The number of piperidine rings is 1. The highest BCUT2D eigenvalue weighted by Gasteiger charge is 2.12. The van der Waals surface area contributed by atoms with E-state index < -0.39 is 5.91 Å². The van der Waals surface area contributed by atoms with E-state index in [1.807, 2.05) is 0 Å². The summed E-state index contributed by atoms with van der Waals surface area (Å²) in [5.41, 5.74) is 5.41. The van der Waals surface area contributed by atoms with Gasteiger partial charge in [0.05, 0.1) is 6.61 Å². The fourth-order valence-corrected chi connectivity index (χ4v) is 2.15. The largest absolute Gasteiger partial charge is 0.493 e. The predicted molar refractivity (Wildman–Crippen MR) is 68.5 cm³/mol. The average molecular weight is 249 g/mol. The first-order valence-corrected chi connectivity index (χ1v) is 6.35. The van der Waals surface area contributed by atoms with E-state index in [-0.39, 0.29) is 5.69 Å². The van der Waals surface area contributed by atoms with Crippen molar-refractivity contribution in [2.45, 2.75) is 19.3 Å². The Kier molecular flexibility index (Phi) is 4.52. The highest BCUT2D eigenvalue weighted by atomic mass is 16.5. The molecule has 1 fully saturated rings. The number of nitrogens with zero attached hydrogens (tertiary/aromatic N) is 1. The standard InChI is InChI=1S/C13H19N3O2/c14-13(17)12-8-11(3-6-16-12)18-7-4-10-2-1-5-15-9-10/h3,6,8,10,15H,1-2,4-5,7,9H2,(H2,14,17). The van der Waals surface area contributed by atoms with Gasteiger partial charge in [0.1, 0.15) is 11.4 Å². The molecule has 18 heavy (non-hydrogen) atoms. The minimum absolute atomic E-state index is 0.242. The first kappa shape index (κ1) is 12.8. The summed E-state index contributed by atoms with van der Waals surface area (Å²) in [6.07, 6.45) is 5.07. The van der Waals surface area contributed by atoms with Crippen LogP contribution in [0.25, 0.3) is 0 Å². The maximum Gasteiger partial charge on any atom is 0.267 e. The molecule has 1 aliphatic rings. The Morgan fingerprint density at radius 1 is 1.61 bits per heavy atom. The Labute approximate surface area is 107 Å². The van der Waals surface area contributed by atoms with E-state index in [0.29, 0.717) is 18.3 Å². The first-order valence-electron chi connectivity index (χ1n) is 6.35. The summed E-state index contributed by atoms with van der Waals surface area (Å²) in [5, 5.41) is 3.38. The lowest BCUT2D eigenvalue weighted by atomic mass is 9.97. The summed E-state index contributed by atoms with van der Waals surface area (Å²) in [6, 6.07) is 3.33. The molecule has 1 unspecified atom stereocenters. The van der Waals surface area contributed by atoms with Crippen LogP contribution in [-0.2, 0) is 0 Å². The van der Waals surface area contributed by atoms with Gasteiger partial charge in [0.25, 0.3) is 5.91 Å². The molecule has 5 heteroatoms. The second-order valence-electron chi connectivity index (χ2n) is 4.59. The summed E-state index contributed by atoms with van der Waals surface area (Å²) < 4.78 is 5.62. The molecule has 0 spiro atoms. The molecule has 98 valence electrons. The number of aromatic nitrogens is 1. The van der Waals surface area contributed by atoms with Crippen molar-refractivity contribution in [3.05, 3.63) is 24.0 Å². The van der Waals surface area contributed by atoms with Crippen LogP contribution >= 0.6 is 0 Å². The van der Waals surface area contributed by atoms with Gasteiger partial charge in [-0.05, 0) is 44.3 Å². The number of primary amides is 1. The van der Waals surface area contributed by atoms with Gasteiger partial charge in [0.2, 0.25) is 0 Å². The molecule has 0 bridgehead atoms. The highest BCUT2D eigenvalue weighted by molar-refractivity contribution is 5.91. The molecule has 1 amide bonds. The molecule has 0 aliphatic carbocycles. The Morgan fingerprint density at radius 3 is 3.22 bits per heavy atom. The van der Waals surface area contributed by atoms with E-state index in [2.05, 4.69) is 10.3 Å². The van der Waals surface area contributed by atoms with Gasteiger partial charge in [-0.2, -0.15) is 0 Å². The lowest BCUT2D eigenvalue weighted by Gasteiger charge is -2.22. The van der Waals surface area contributed by atoms with Crippen LogP contribution in [0.2, 0.25) is 0 Å². The lowest BCUT2D eigenvalue weighted by molar-refractivity contribution is 0.0995. The molecular formula is C13H19N3O2. The number of hydrogen-bond acceptors (Lipinski definition) is 4. The van der Waals surface area contributed by atoms with Crippen molar-refractivity contribution < 1.29 is 9.53 Å². The molecule has 1 atom stereocenters. The van der Waals surface area contributed by atoms with Gasteiger partial charge in [0.15, 0.2) is 0 Å². The predicted octanol–water partition coefficient (Wildman–Crippen LogP) is 0.949. The number of hydrogen-bond donors (Lipinski definition) is 2. The third-order valence-electron chi connectivity index (χ3n) is 3.18. The molecule has 1 aliphatic heterocycles. The number of amides is 1. The topological polar surface area (TPSA) is 77.2 Å². The molecule has 0 saturated carbocycles. The summed E-state index contributed by atoms with van der Waals surface area (Å²) in [4.78, 5) is 14.8. The molecule has 2 rings (SSSR count). The molecule has 1 saturated heterocycles. The van der Waals surface area contributed by atoms with Gasteiger partial charge in [-0.15, -0.1) is 0 Å². The van der Waals surface area contributed by atoms with E-state index >= 15 is 0 Å². The van der Waals surface area contributed by atoms with Crippen molar-refractivity contribution in [3.8, 4) is 5.75 Å². The number of nitrogens with two attached hydrogens (primary N) is 1. The fraction of sp³-hybridized carbons (Fsp3) is 0.538. The fourth-order valence-electron chi connectivity index (χ4n) is 2.15. The zero-order chi connectivity index (χ0) is 12.8. The zero-order valence-corrected chi connectivity index (χ0v) is 10.4. The number of pyridine rings is 1. The number of nitrogens with one attached hydrogen (secondary N) is 1. The molecule has 0 radical (unpaired) electrons. The molecule has 5 nitrogen and oxygen atoms in total. The Morgan fingerprint density at radius 2 is 2.50 bits per heavy atom. The van der Waals surface area contributed by atoms with E-state index in [1.165, 1.54) is 19.0 Å². The van der Waals surface area contributed by atoms with E-state index in [4.69, 9.17) is 10.5 Å². The Bertz CT molecular complexity index is 403. The Balaban J connectivity index is 1.78. The lowest BCUT2D eigenvalue weighted by Crippen LogP contribution is -2.30. The van der Waals surface area contributed by atoms with Crippen molar-refractivity contribution in [3.63, 3.8) is 0 Å². The van der Waals surface area contributed by atoms with Crippen LogP contribution in [0, 0.1) is 5.92 Å². The second kappa shape index (κ2) is 6.35. The van der Waals surface area contributed by atoms with Gasteiger partial charge in [-0.1, -0.05) is 0 Å². The van der Waals surface area contributed by atoms with Gasteiger partial charge in [-0.3, -0.25) is 9.78 Å².